The maximum atomic E-state index is 4.82. The number of halogens is 1. The second kappa shape index (κ2) is 9.13. The Hall–Kier alpha value is -2.81. The van der Waals surface area contributed by atoms with E-state index in [9.17, 15) is 0 Å². The Labute approximate surface area is 190 Å². The van der Waals surface area contributed by atoms with Crippen molar-refractivity contribution < 1.29 is 0 Å². The molecule has 31 heavy (non-hydrogen) atoms. The van der Waals surface area contributed by atoms with Crippen LogP contribution in [0.1, 0.15) is 44.9 Å². The third-order valence-corrected chi connectivity index (χ3v) is 5.53. The molecule has 0 amide bonds. The fourth-order valence-electron chi connectivity index (χ4n) is 3.56. The Morgan fingerprint density at radius 1 is 0.968 bits per heavy atom. The second-order valence-corrected chi connectivity index (χ2v) is 9.39. The third kappa shape index (κ3) is 4.92. The van der Waals surface area contributed by atoms with Crippen LogP contribution in [0.5, 0.6) is 0 Å². The van der Waals surface area contributed by atoms with Crippen LogP contribution in [0.15, 0.2) is 41.0 Å². The minimum absolute atomic E-state index is 0.534. The number of benzene rings is 1. The van der Waals surface area contributed by atoms with Crippen molar-refractivity contribution in [2.45, 2.75) is 47.1 Å². The fraction of sp³-hybridized carbons (Fsp3) is 0.409. The quantitative estimate of drug-likeness (QED) is 0.400. The lowest BCUT2D eigenvalue weighted by Gasteiger charge is -2.11. The molecule has 0 radical (unpaired) electrons. The molecular formula is C22H27BrN8. The highest BCUT2D eigenvalue weighted by Crippen LogP contribution is 2.27. The van der Waals surface area contributed by atoms with Gasteiger partial charge in [0.05, 0.1) is 16.8 Å². The van der Waals surface area contributed by atoms with Gasteiger partial charge in [0, 0.05) is 18.5 Å². The molecular weight excluding hydrogens is 456 g/mol. The Bertz CT molecular complexity index is 1120. The van der Waals surface area contributed by atoms with Crippen molar-refractivity contribution >= 4 is 15.9 Å². The number of nitrogens with zero attached hydrogens (tertiary/aromatic N) is 7. The smallest absolute Gasteiger partial charge is 0.221 e. The summed E-state index contributed by atoms with van der Waals surface area (Å²) in [7, 11) is 0. The highest BCUT2D eigenvalue weighted by atomic mass is 79.9. The molecule has 0 aliphatic rings. The van der Waals surface area contributed by atoms with Gasteiger partial charge in [-0.3, -0.25) is 0 Å². The van der Waals surface area contributed by atoms with Crippen molar-refractivity contribution in [1.82, 2.24) is 40.0 Å². The molecule has 1 aromatic carbocycles. The number of H-pyrrole nitrogens is 1. The van der Waals surface area contributed by atoms with Gasteiger partial charge in [0.15, 0.2) is 5.82 Å². The molecule has 0 saturated carbocycles. The molecule has 1 N–H and O–H groups in total. The molecule has 0 unspecified atom stereocenters. The van der Waals surface area contributed by atoms with Crippen LogP contribution in [0.25, 0.3) is 17.2 Å². The zero-order chi connectivity index (χ0) is 22.0. The lowest BCUT2D eigenvalue weighted by Crippen LogP contribution is -2.09. The summed E-state index contributed by atoms with van der Waals surface area (Å²) in [4.78, 5) is 4.82. The highest BCUT2D eigenvalue weighted by molar-refractivity contribution is 9.10. The first-order valence-corrected chi connectivity index (χ1v) is 11.3. The summed E-state index contributed by atoms with van der Waals surface area (Å²) in [6.07, 6.45) is 1.82. The van der Waals surface area contributed by atoms with Gasteiger partial charge in [0.1, 0.15) is 5.82 Å². The summed E-state index contributed by atoms with van der Waals surface area (Å²) in [5.41, 5.74) is 3.06. The maximum absolute atomic E-state index is 4.82. The number of aromatic amines is 1. The number of rotatable bonds is 8. The molecule has 3 aromatic heterocycles. The van der Waals surface area contributed by atoms with Gasteiger partial charge in [0.25, 0.3) is 0 Å². The molecule has 0 saturated heterocycles. The summed E-state index contributed by atoms with van der Waals surface area (Å²) in [5.74, 6) is 3.61. The molecule has 4 aromatic rings. The van der Waals surface area contributed by atoms with E-state index < -0.39 is 0 Å². The van der Waals surface area contributed by atoms with E-state index in [1.807, 2.05) is 12.1 Å². The SMILES string of the molecule is CC(C)Cc1nc(CC(C)C)n(Cc2ccc(-n3c(Br)ccc3-c3nn[nH]n3)cc2)n1. The van der Waals surface area contributed by atoms with E-state index in [4.69, 9.17) is 10.1 Å². The summed E-state index contributed by atoms with van der Waals surface area (Å²) in [5, 5.41) is 19.2. The minimum atomic E-state index is 0.534. The molecule has 0 aliphatic heterocycles. The molecule has 8 nitrogen and oxygen atoms in total. The van der Waals surface area contributed by atoms with Crippen LogP contribution >= 0.6 is 15.9 Å². The van der Waals surface area contributed by atoms with Crippen LogP contribution in [-0.4, -0.2) is 40.0 Å². The molecule has 0 spiro atoms. The zero-order valence-electron chi connectivity index (χ0n) is 18.2. The molecule has 0 aliphatic carbocycles. The first-order valence-electron chi connectivity index (χ1n) is 10.5. The van der Waals surface area contributed by atoms with E-state index in [-0.39, 0.29) is 0 Å². The van der Waals surface area contributed by atoms with Gasteiger partial charge >= 0.3 is 0 Å². The van der Waals surface area contributed by atoms with E-state index in [0.29, 0.717) is 24.2 Å². The van der Waals surface area contributed by atoms with Crippen molar-refractivity contribution in [2.24, 2.45) is 11.8 Å². The zero-order valence-corrected chi connectivity index (χ0v) is 19.8. The summed E-state index contributed by atoms with van der Waals surface area (Å²) >= 11 is 3.62. The average Bonchev–Trinajstić information content (AvgIpc) is 3.43. The van der Waals surface area contributed by atoms with Crippen LogP contribution in [0.4, 0.5) is 0 Å². The summed E-state index contributed by atoms with van der Waals surface area (Å²) in [6, 6.07) is 12.4. The van der Waals surface area contributed by atoms with Crippen molar-refractivity contribution in [3.8, 4) is 17.2 Å². The first kappa shape index (κ1) is 21.4. The first-order chi connectivity index (χ1) is 14.9. The van der Waals surface area contributed by atoms with Gasteiger partial charge < -0.3 is 4.57 Å². The van der Waals surface area contributed by atoms with E-state index in [1.54, 1.807) is 0 Å². The summed E-state index contributed by atoms with van der Waals surface area (Å²) < 4.78 is 5.03. The maximum Gasteiger partial charge on any atom is 0.221 e. The molecule has 3 heterocycles. The predicted octanol–water partition coefficient (Wildman–Crippen LogP) is 4.46. The van der Waals surface area contributed by atoms with Gasteiger partial charge in [-0.2, -0.15) is 10.3 Å². The molecule has 0 atom stereocenters. The minimum Gasteiger partial charge on any atom is -0.301 e. The molecule has 9 heteroatoms. The Balaban J connectivity index is 1.59. The van der Waals surface area contributed by atoms with E-state index in [2.05, 4.69) is 97.8 Å². The standard InChI is InChI=1S/C22H27BrN8/c1-14(2)11-20-24-21(12-15(3)4)30(27-20)13-16-5-7-17(8-6-16)31-18(9-10-19(31)23)22-25-28-29-26-22/h5-10,14-15H,11-13H2,1-4H3,(H,25,26,28,29). The van der Waals surface area contributed by atoms with E-state index in [0.717, 1.165) is 40.5 Å². The lowest BCUT2D eigenvalue weighted by molar-refractivity contribution is 0.560. The van der Waals surface area contributed by atoms with Gasteiger partial charge in [-0.25, -0.2) is 9.67 Å². The second-order valence-electron chi connectivity index (χ2n) is 8.58. The van der Waals surface area contributed by atoms with Crippen molar-refractivity contribution in [1.29, 1.82) is 0 Å². The summed E-state index contributed by atoms with van der Waals surface area (Å²) in [6.45, 7) is 9.53. The number of nitrogens with one attached hydrogen (secondary N) is 1. The normalized spacial score (nSPS) is 11.7. The number of hydrogen-bond acceptors (Lipinski definition) is 5. The molecule has 162 valence electrons. The Kier molecular flexibility index (Phi) is 6.31. The van der Waals surface area contributed by atoms with Crippen molar-refractivity contribution in [3.05, 3.63) is 58.2 Å². The van der Waals surface area contributed by atoms with E-state index >= 15 is 0 Å². The van der Waals surface area contributed by atoms with Gasteiger partial charge in [-0.1, -0.05) is 39.8 Å². The van der Waals surface area contributed by atoms with Crippen LogP contribution in [0.3, 0.4) is 0 Å². The number of hydrogen-bond donors (Lipinski definition) is 1. The molecule has 0 bridgehead atoms. The monoisotopic (exact) mass is 482 g/mol. The topological polar surface area (TPSA) is 90.1 Å². The fourth-order valence-corrected chi connectivity index (χ4v) is 4.09. The van der Waals surface area contributed by atoms with Gasteiger partial charge in [0.2, 0.25) is 5.82 Å². The van der Waals surface area contributed by atoms with Crippen LogP contribution < -0.4 is 0 Å². The van der Waals surface area contributed by atoms with Gasteiger partial charge in [-0.05, 0) is 62.8 Å². The van der Waals surface area contributed by atoms with Crippen LogP contribution in [0.2, 0.25) is 0 Å². The molecule has 0 fully saturated rings. The van der Waals surface area contributed by atoms with Crippen molar-refractivity contribution in [2.75, 3.05) is 0 Å². The molecule has 4 rings (SSSR count). The predicted molar refractivity (Wildman–Crippen MR) is 123 cm³/mol. The highest BCUT2D eigenvalue weighted by Gasteiger charge is 2.15. The van der Waals surface area contributed by atoms with Gasteiger partial charge in [-0.15, -0.1) is 10.2 Å². The largest absolute Gasteiger partial charge is 0.301 e. The average molecular weight is 483 g/mol. The lowest BCUT2D eigenvalue weighted by atomic mass is 10.1. The number of aromatic nitrogens is 8. The van der Waals surface area contributed by atoms with Crippen LogP contribution in [-0.2, 0) is 19.4 Å². The Morgan fingerprint density at radius 3 is 2.35 bits per heavy atom. The Morgan fingerprint density at radius 2 is 1.71 bits per heavy atom. The van der Waals surface area contributed by atoms with E-state index in [1.165, 1.54) is 5.56 Å². The van der Waals surface area contributed by atoms with Crippen molar-refractivity contribution in [3.63, 3.8) is 0 Å². The number of tetrazole rings is 1. The third-order valence-electron chi connectivity index (χ3n) is 4.91. The van der Waals surface area contributed by atoms with Crippen LogP contribution in [0, 0.1) is 11.8 Å².